The highest BCUT2D eigenvalue weighted by molar-refractivity contribution is 5.53. The molecule has 0 aromatic heterocycles. The predicted octanol–water partition coefficient (Wildman–Crippen LogP) is 0.779. The topological polar surface area (TPSA) is 61.3 Å². The summed E-state index contributed by atoms with van der Waals surface area (Å²) in [6.45, 7) is 0.646. The van der Waals surface area contributed by atoms with Crippen LogP contribution in [0.3, 0.4) is 0 Å². The first kappa shape index (κ1) is 8.87. The van der Waals surface area contributed by atoms with E-state index in [9.17, 15) is 0 Å². The van der Waals surface area contributed by atoms with Crippen molar-refractivity contribution >= 4 is 5.69 Å². The molecule has 1 aromatic carbocycles. The Bertz CT molecular complexity index is 261. The highest BCUT2D eigenvalue weighted by Crippen LogP contribution is 2.21. The van der Waals surface area contributed by atoms with Crippen molar-refractivity contribution in [2.75, 3.05) is 19.4 Å². The number of rotatable bonds is 3. The van der Waals surface area contributed by atoms with Crippen molar-refractivity contribution in [1.29, 1.82) is 0 Å². The van der Waals surface area contributed by atoms with Crippen molar-refractivity contribution in [2.45, 2.75) is 6.42 Å². The lowest BCUT2D eigenvalue weighted by Gasteiger charge is -2.06. The third-order valence-corrected chi connectivity index (χ3v) is 1.73. The van der Waals surface area contributed by atoms with Crippen molar-refractivity contribution in [3.63, 3.8) is 0 Å². The summed E-state index contributed by atoms with van der Waals surface area (Å²) < 4.78 is 5.07. The molecule has 3 nitrogen and oxygen atoms in total. The van der Waals surface area contributed by atoms with Gasteiger partial charge in [-0.2, -0.15) is 0 Å². The molecular formula is C9H14N2O. The Kier molecular flexibility index (Phi) is 2.94. The van der Waals surface area contributed by atoms with Crippen LogP contribution in [0.1, 0.15) is 5.56 Å². The zero-order valence-corrected chi connectivity index (χ0v) is 7.21. The van der Waals surface area contributed by atoms with Crippen LogP contribution in [0.4, 0.5) is 5.69 Å². The van der Waals surface area contributed by atoms with Gasteiger partial charge in [-0.05, 0) is 30.7 Å². The highest BCUT2D eigenvalue weighted by Gasteiger charge is 1.99. The molecule has 0 saturated heterocycles. The summed E-state index contributed by atoms with van der Waals surface area (Å²) in [5.41, 5.74) is 12.9. The second-order valence-corrected chi connectivity index (χ2v) is 2.61. The number of benzene rings is 1. The maximum atomic E-state index is 5.64. The second kappa shape index (κ2) is 3.97. The Balaban J connectivity index is 2.89. The Hall–Kier alpha value is -1.22. The Morgan fingerprint density at radius 3 is 2.75 bits per heavy atom. The van der Waals surface area contributed by atoms with Crippen molar-refractivity contribution in [3.8, 4) is 5.75 Å². The van der Waals surface area contributed by atoms with Gasteiger partial charge in [0, 0.05) is 0 Å². The van der Waals surface area contributed by atoms with Gasteiger partial charge in [0.15, 0.2) is 0 Å². The normalized spacial score (nSPS) is 9.83. The maximum absolute atomic E-state index is 5.64. The molecule has 0 bridgehead atoms. The molecule has 3 heteroatoms. The zero-order chi connectivity index (χ0) is 8.97. The van der Waals surface area contributed by atoms with E-state index in [0.717, 1.165) is 17.7 Å². The summed E-state index contributed by atoms with van der Waals surface area (Å²) in [4.78, 5) is 0. The van der Waals surface area contributed by atoms with Gasteiger partial charge in [0.2, 0.25) is 0 Å². The first-order chi connectivity index (χ1) is 5.77. The molecule has 4 N–H and O–H groups in total. The van der Waals surface area contributed by atoms with E-state index >= 15 is 0 Å². The molecule has 0 unspecified atom stereocenters. The molecule has 0 amide bonds. The lowest BCUT2D eigenvalue weighted by Crippen LogP contribution is -2.03. The Morgan fingerprint density at radius 2 is 2.17 bits per heavy atom. The third-order valence-electron chi connectivity index (χ3n) is 1.73. The van der Waals surface area contributed by atoms with E-state index in [0.29, 0.717) is 12.2 Å². The van der Waals surface area contributed by atoms with Crippen LogP contribution < -0.4 is 16.2 Å². The molecule has 12 heavy (non-hydrogen) atoms. The van der Waals surface area contributed by atoms with Crippen molar-refractivity contribution in [2.24, 2.45) is 5.73 Å². The molecule has 1 rings (SSSR count). The minimum atomic E-state index is 0.646. The summed E-state index contributed by atoms with van der Waals surface area (Å²) in [6, 6.07) is 5.72. The molecule has 0 spiro atoms. The molecule has 0 fully saturated rings. The van der Waals surface area contributed by atoms with Gasteiger partial charge in [0.1, 0.15) is 5.75 Å². The fourth-order valence-electron chi connectivity index (χ4n) is 1.08. The number of methoxy groups -OCH3 is 1. The number of nitrogen functional groups attached to an aromatic ring is 1. The van der Waals surface area contributed by atoms with Crippen LogP contribution in [0.25, 0.3) is 0 Å². The van der Waals surface area contributed by atoms with Gasteiger partial charge in [-0.1, -0.05) is 6.07 Å². The standard InChI is InChI=1S/C9H14N2O/c1-12-9-6-7(4-5-10)2-3-8(9)11/h2-3,6H,4-5,10-11H2,1H3. The minimum Gasteiger partial charge on any atom is -0.495 e. The van der Waals surface area contributed by atoms with Crippen LogP contribution in [-0.2, 0) is 6.42 Å². The van der Waals surface area contributed by atoms with Crippen molar-refractivity contribution < 1.29 is 4.74 Å². The number of hydrogen-bond acceptors (Lipinski definition) is 3. The maximum Gasteiger partial charge on any atom is 0.142 e. The molecule has 1 aromatic rings. The number of nitrogens with two attached hydrogens (primary N) is 2. The van der Waals surface area contributed by atoms with E-state index in [-0.39, 0.29) is 0 Å². The summed E-state index contributed by atoms with van der Waals surface area (Å²) in [5, 5.41) is 0. The predicted molar refractivity (Wildman–Crippen MR) is 50.2 cm³/mol. The monoisotopic (exact) mass is 166 g/mol. The van der Waals surface area contributed by atoms with Gasteiger partial charge in [-0.15, -0.1) is 0 Å². The molecule has 0 aliphatic heterocycles. The first-order valence-electron chi connectivity index (χ1n) is 3.90. The van der Waals surface area contributed by atoms with E-state index in [4.69, 9.17) is 16.2 Å². The molecular weight excluding hydrogens is 152 g/mol. The summed E-state index contributed by atoms with van der Waals surface area (Å²) in [5.74, 6) is 0.723. The van der Waals surface area contributed by atoms with Gasteiger partial charge >= 0.3 is 0 Å². The summed E-state index contributed by atoms with van der Waals surface area (Å²) in [6.07, 6.45) is 0.858. The van der Waals surface area contributed by atoms with Gasteiger partial charge in [-0.25, -0.2) is 0 Å². The van der Waals surface area contributed by atoms with Crippen LogP contribution in [0.5, 0.6) is 5.75 Å². The zero-order valence-electron chi connectivity index (χ0n) is 7.21. The van der Waals surface area contributed by atoms with E-state index < -0.39 is 0 Å². The van der Waals surface area contributed by atoms with E-state index in [1.807, 2.05) is 18.2 Å². The van der Waals surface area contributed by atoms with Gasteiger partial charge in [0.25, 0.3) is 0 Å². The molecule has 0 atom stereocenters. The molecule has 0 heterocycles. The van der Waals surface area contributed by atoms with E-state index in [1.165, 1.54) is 0 Å². The fourth-order valence-corrected chi connectivity index (χ4v) is 1.08. The molecule has 0 aliphatic rings. The second-order valence-electron chi connectivity index (χ2n) is 2.61. The largest absolute Gasteiger partial charge is 0.495 e. The summed E-state index contributed by atoms with van der Waals surface area (Å²) >= 11 is 0. The minimum absolute atomic E-state index is 0.646. The van der Waals surface area contributed by atoms with Crippen LogP contribution in [0.15, 0.2) is 18.2 Å². The first-order valence-corrected chi connectivity index (χ1v) is 3.90. The average molecular weight is 166 g/mol. The van der Waals surface area contributed by atoms with Gasteiger partial charge in [-0.3, -0.25) is 0 Å². The molecule has 66 valence electrons. The molecule has 0 saturated carbocycles. The average Bonchev–Trinajstić information content (AvgIpc) is 2.09. The van der Waals surface area contributed by atoms with Crippen molar-refractivity contribution in [3.05, 3.63) is 23.8 Å². The number of hydrogen-bond donors (Lipinski definition) is 2. The smallest absolute Gasteiger partial charge is 0.142 e. The SMILES string of the molecule is COc1cc(CCN)ccc1N. The van der Waals surface area contributed by atoms with Gasteiger partial charge in [0.05, 0.1) is 12.8 Å². The highest BCUT2D eigenvalue weighted by atomic mass is 16.5. The summed E-state index contributed by atoms with van der Waals surface area (Å²) in [7, 11) is 1.61. The lowest BCUT2D eigenvalue weighted by atomic mass is 10.1. The Morgan fingerprint density at radius 1 is 1.42 bits per heavy atom. The quantitative estimate of drug-likeness (QED) is 0.652. The van der Waals surface area contributed by atoms with Crippen LogP contribution in [0, 0.1) is 0 Å². The molecule has 0 aliphatic carbocycles. The third kappa shape index (κ3) is 1.89. The number of ether oxygens (including phenoxy) is 1. The van der Waals surface area contributed by atoms with E-state index in [1.54, 1.807) is 7.11 Å². The van der Waals surface area contributed by atoms with Crippen molar-refractivity contribution in [1.82, 2.24) is 0 Å². The lowest BCUT2D eigenvalue weighted by molar-refractivity contribution is 0.416. The van der Waals surface area contributed by atoms with E-state index in [2.05, 4.69) is 0 Å². The molecule has 0 radical (unpaired) electrons. The van der Waals surface area contributed by atoms with Crippen LogP contribution in [0.2, 0.25) is 0 Å². The number of anilines is 1. The Labute approximate surface area is 72.3 Å². The van der Waals surface area contributed by atoms with Gasteiger partial charge < -0.3 is 16.2 Å². The van der Waals surface area contributed by atoms with Crippen LogP contribution in [-0.4, -0.2) is 13.7 Å². The fraction of sp³-hybridized carbons (Fsp3) is 0.333. The van der Waals surface area contributed by atoms with Crippen LogP contribution >= 0.6 is 0 Å².